The first-order chi connectivity index (χ1) is 14.8. The maximum atomic E-state index is 8.10. The molecule has 0 heterocycles. The highest BCUT2D eigenvalue weighted by Crippen LogP contribution is 2.12. The Morgan fingerprint density at radius 2 is 1.24 bits per heavy atom. The number of halogens is 1. The largest absolute Gasteiger partial charge is 0.0928 e. The molecule has 0 unspecified atom stereocenters. The van der Waals surface area contributed by atoms with Crippen LogP contribution in [-0.2, 0) is 0 Å². The van der Waals surface area contributed by atoms with Gasteiger partial charge in [-0.05, 0) is 6.42 Å². The molecule has 104 valence electrons. The van der Waals surface area contributed by atoms with Crippen molar-refractivity contribution in [2.45, 2.75) is 96.4 Å². The highest BCUT2D eigenvalue weighted by molar-refractivity contribution is 9.09. The first-order valence-electron chi connectivity index (χ1n) is 14.4. The lowest BCUT2D eigenvalue weighted by Gasteiger charge is -2.02. The van der Waals surface area contributed by atoms with E-state index in [2.05, 4.69) is 15.9 Å². The van der Waals surface area contributed by atoms with Crippen LogP contribution in [0.5, 0.6) is 0 Å². The van der Waals surface area contributed by atoms with E-state index in [1.54, 1.807) is 0 Å². The van der Waals surface area contributed by atoms with E-state index < -0.39 is 57.9 Å². The molecule has 0 radical (unpaired) electrons. The van der Waals surface area contributed by atoms with Crippen LogP contribution in [0.3, 0.4) is 0 Å². The molecular weight excluding hydrogens is 272 g/mol. The van der Waals surface area contributed by atoms with Gasteiger partial charge in [-0.3, -0.25) is 0 Å². The highest BCUT2D eigenvalue weighted by Gasteiger charge is 1.93. The standard InChI is InChI=1S/C16H33Br/c1-2-3-4-5-6-7-8-9-10-11-12-13-14-15-16-17/h2-16H2,1H3/i1D3,2D2,3D2,4D2,5D2,6D2,7D2,8D2. The van der Waals surface area contributed by atoms with Crippen molar-refractivity contribution in [2.75, 3.05) is 5.33 Å². The van der Waals surface area contributed by atoms with Crippen molar-refractivity contribution in [1.82, 2.24) is 0 Å². The van der Waals surface area contributed by atoms with Crippen molar-refractivity contribution in [1.29, 1.82) is 0 Å². The van der Waals surface area contributed by atoms with E-state index in [4.69, 9.17) is 23.3 Å². The second-order valence-corrected chi connectivity index (χ2v) is 4.28. The van der Waals surface area contributed by atoms with Crippen LogP contribution in [0.1, 0.15) is 120 Å². The molecule has 0 bridgehead atoms. The Bertz CT molecular complexity index is 652. The van der Waals surface area contributed by atoms with E-state index in [1.807, 2.05) is 0 Å². The topological polar surface area (TPSA) is 0 Å². The predicted octanol–water partition coefficient (Wildman–Crippen LogP) is 6.86. The van der Waals surface area contributed by atoms with Crippen molar-refractivity contribution in [3.63, 3.8) is 0 Å². The minimum Gasteiger partial charge on any atom is -0.0928 e. The predicted molar refractivity (Wildman–Crippen MR) is 84.1 cm³/mol. The van der Waals surface area contributed by atoms with Crippen molar-refractivity contribution < 1.29 is 23.3 Å². The molecule has 0 aliphatic rings. The second kappa shape index (κ2) is 16.5. The van der Waals surface area contributed by atoms with Crippen molar-refractivity contribution >= 4 is 15.9 Å². The SMILES string of the molecule is [2H]C([2H])([2H])C([2H])([2H])C([2H])([2H])C([2H])([2H])C([2H])([2H])C([2H])([2H])C([2H])([2H])C([2H])([2H])CCCCCCCCBr. The maximum Gasteiger partial charge on any atom is 0.0267 e. The minimum atomic E-state index is -4.22. The lowest BCUT2D eigenvalue weighted by Crippen LogP contribution is -1.83. The third-order valence-electron chi connectivity index (χ3n) is 2.09. The number of hydrogen-bond acceptors (Lipinski definition) is 0. The van der Waals surface area contributed by atoms with Gasteiger partial charge in [0.15, 0.2) is 0 Å². The summed E-state index contributed by atoms with van der Waals surface area (Å²) in [4.78, 5) is 0. The molecule has 0 rings (SSSR count). The van der Waals surface area contributed by atoms with Gasteiger partial charge in [-0.2, -0.15) is 0 Å². The van der Waals surface area contributed by atoms with Crippen molar-refractivity contribution in [3.8, 4) is 0 Å². The first-order valence-corrected chi connectivity index (χ1v) is 6.99. The molecule has 1 heteroatoms. The molecule has 0 atom stereocenters. The average Bonchev–Trinajstić information content (AvgIpc) is 2.65. The van der Waals surface area contributed by atoms with Crippen molar-refractivity contribution in [3.05, 3.63) is 0 Å². The molecule has 0 fully saturated rings. The molecule has 0 aromatic carbocycles. The number of hydrogen-bond donors (Lipinski definition) is 0. The highest BCUT2D eigenvalue weighted by atomic mass is 79.9. The van der Waals surface area contributed by atoms with Crippen LogP contribution in [0, 0.1) is 0 Å². The van der Waals surface area contributed by atoms with Crippen LogP contribution >= 0.6 is 15.9 Å². The van der Waals surface area contributed by atoms with Gasteiger partial charge in [-0.1, -0.05) is 106 Å². The minimum absolute atomic E-state index is 0.148. The molecule has 0 spiro atoms. The van der Waals surface area contributed by atoms with E-state index >= 15 is 0 Å². The van der Waals surface area contributed by atoms with Crippen LogP contribution < -0.4 is 0 Å². The number of alkyl halides is 1. The van der Waals surface area contributed by atoms with E-state index in [0.29, 0.717) is 6.42 Å². The fourth-order valence-corrected chi connectivity index (χ4v) is 1.64. The van der Waals surface area contributed by atoms with Gasteiger partial charge in [0.2, 0.25) is 0 Å². The average molecular weight is 322 g/mol. The van der Waals surface area contributed by atoms with Crippen LogP contribution in [-0.4, -0.2) is 5.33 Å². The lowest BCUT2D eigenvalue weighted by atomic mass is 10.0. The smallest absolute Gasteiger partial charge is 0.0267 e. The van der Waals surface area contributed by atoms with E-state index in [1.165, 1.54) is 0 Å². The van der Waals surface area contributed by atoms with Gasteiger partial charge in [-0.15, -0.1) is 0 Å². The summed E-state index contributed by atoms with van der Waals surface area (Å²) in [6, 6.07) is 0. The first kappa shape index (κ1) is 4.24. The molecule has 17 heavy (non-hydrogen) atoms. The zero-order valence-electron chi connectivity index (χ0n) is 27.0. The van der Waals surface area contributed by atoms with Gasteiger partial charge in [0.1, 0.15) is 0 Å². The molecule has 0 aliphatic heterocycles. The van der Waals surface area contributed by atoms with Gasteiger partial charge in [0.25, 0.3) is 0 Å². The van der Waals surface area contributed by atoms with E-state index in [0.717, 1.165) is 31.0 Å². The van der Waals surface area contributed by atoms with Crippen LogP contribution in [0.4, 0.5) is 0 Å². The third-order valence-corrected chi connectivity index (χ3v) is 2.65. The third kappa shape index (κ3) is 16.5. The molecule has 0 amide bonds. The van der Waals surface area contributed by atoms with Gasteiger partial charge >= 0.3 is 0 Å². The summed E-state index contributed by atoms with van der Waals surface area (Å²) in [5.41, 5.74) is 0. The van der Waals surface area contributed by atoms with Crippen LogP contribution in [0.15, 0.2) is 0 Å². The molecule has 0 nitrogen and oxygen atoms in total. The Kier molecular flexibility index (Phi) is 4.11. The monoisotopic (exact) mass is 321 g/mol. The zero-order valence-corrected chi connectivity index (χ0v) is 11.6. The fourth-order valence-electron chi connectivity index (χ4n) is 1.25. The van der Waals surface area contributed by atoms with Gasteiger partial charge in [-0.25, -0.2) is 0 Å². The van der Waals surface area contributed by atoms with Crippen LogP contribution in [0.25, 0.3) is 0 Å². The Balaban J connectivity index is 5.98. The number of rotatable bonds is 14. The maximum absolute atomic E-state index is 8.10. The summed E-state index contributed by atoms with van der Waals surface area (Å²) < 4.78 is 133. The Morgan fingerprint density at radius 1 is 0.706 bits per heavy atom. The molecule has 0 saturated carbocycles. The van der Waals surface area contributed by atoms with Crippen LogP contribution in [0.2, 0.25) is 0 Å². The summed E-state index contributed by atoms with van der Waals surface area (Å²) in [5.74, 6) is 0. The summed E-state index contributed by atoms with van der Waals surface area (Å²) in [7, 11) is 0. The lowest BCUT2D eigenvalue weighted by molar-refractivity contribution is 0.538. The molecule has 0 N–H and O–H groups in total. The quantitative estimate of drug-likeness (QED) is 0.242. The van der Waals surface area contributed by atoms with Gasteiger partial charge < -0.3 is 0 Å². The number of unbranched alkanes of at least 4 members (excludes halogenated alkanes) is 5. The van der Waals surface area contributed by atoms with E-state index in [-0.39, 0.29) is 6.42 Å². The summed E-state index contributed by atoms with van der Waals surface area (Å²) in [6.45, 7) is -3.76. The molecule has 0 aromatic rings. The molecule has 0 saturated heterocycles. The summed E-state index contributed by atoms with van der Waals surface area (Å²) in [6.07, 6.45) is -23.6. The van der Waals surface area contributed by atoms with Gasteiger partial charge in [0.05, 0.1) is 0 Å². The van der Waals surface area contributed by atoms with Crippen molar-refractivity contribution in [2.24, 2.45) is 0 Å². The normalized spacial score (nSPS) is 32.4. The Hall–Kier alpha value is 0.480. The molecule has 0 aromatic heterocycles. The second-order valence-electron chi connectivity index (χ2n) is 3.49. The summed E-state index contributed by atoms with van der Waals surface area (Å²) >= 11 is 3.30. The molecule has 0 aliphatic carbocycles. The van der Waals surface area contributed by atoms with E-state index in [9.17, 15) is 0 Å². The molecular formula is C16H33Br. The zero-order chi connectivity index (χ0) is 27.7. The fraction of sp³-hybridized carbons (Fsp3) is 1.00. The Labute approximate surface area is 142 Å². The van der Waals surface area contributed by atoms with Gasteiger partial charge in [0, 0.05) is 28.6 Å². The summed E-state index contributed by atoms with van der Waals surface area (Å²) in [5, 5.41) is 0.853. The Morgan fingerprint density at radius 3 is 1.88 bits per heavy atom.